The van der Waals surface area contributed by atoms with Gasteiger partial charge in [0.25, 0.3) is 0 Å². The van der Waals surface area contributed by atoms with Gasteiger partial charge < -0.3 is 5.32 Å². The molecule has 2 rings (SSSR count). The average Bonchev–Trinajstić information content (AvgIpc) is 2.49. The SMILES string of the molecule is O=C1SC(=S)NC1=Cc1ccc(F)cc1. The molecule has 1 saturated heterocycles. The lowest BCUT2D eigenvalue weighted by molar-refractivity contribution is -0.107. The van der Waals surface area contributed by atoms with E-state index >= 15 is 0 Å². The molecule has 1 aliphatic rings. The maximum Gasteiger partial charge on any atom is 0.242 e. The van der Waals surface area contributed by atoms with Gasteiger partial charge in [0, 0.05) is 0 Å². The molecule has 76 valence electrons. The summed E-state index contributed by atoms with van der Waals surface area (Å²) in [5.41, 5.74) is 1.20. The van der Waals surface area contributed by atoms with Crippen molar-refractivity contribution in [3.05, 3.63) is 41.3 Å². The topological polar surface area (TPSA) is 29.1 Å². The van der Waals surface area contributed by atoms with Gasteiger partial charge in [0.05, 0.1) is 5.70 Å². The van der Waals surface area contributed by atoms with Crippen molar-refractivity contribution in [3.8, 4) is 0 Å². The fraction of sp³-hybridized carbons (Fsp3) is 0. The molecule has 1 aliphatic heterocycles. The van der Waals surface area contributed by atoms with Crippen LogP contribution in [0, 0.1) is 5.82 Å². The second-order valence-corrected chi connectivity index (χ2v) is 4.56. The van der Waals surface area contributed by atoms with Gasteiger partial charge in [0.2, 0.25) is 5.12 Å². The summed E-state index contributed by atoms with van der Waals surface area (Å²) >= 11 is 5.83. The van der Waals surface area contributed by atoms with Crippen LogP contribution >= 0.6 is 24.0 Å². The molecule has 2 nitrogen and oxygen atoms in total. The van der Waals surface area contributed by atoms with E-state index in [0.29, 0.717) is 10.0 Å². The fourth-order valence-electron chi connectivity index (χ4n) is 1.15. The highest BCUT2D eigenvalue weighted by Gasteiger charge is 2.21. The van der Waals surface area contributed by atoms with Gasteiger partial charge in [-0.3, -0.25) is 4.79 Å². The van der Waals surface area contributed by atoms with Gasteiger partial charge in [0.1, 0.15) is 10.1 Å². The van der Waals surface area contributed by atoms with Crippen molar-refractivity contribution in [1.82, 2.24) is 5.32 Å². The van der Waals surface area contributed by atoms with Crippen LogP contribution in [0.5, 0.6) is 0 Å². The molecular weight excluding hydrogens is 233 g/mol. The van der Waals surface area contributed by atoms with Crippen LogP contribution in [-0.4, -0.2) is 9.44 Å². The molecule has 1 N–H and O–H groups in total. The molecule has 0 aromatic heterocycles. The number of benzene rings is 1. The Balaban J connectivity index is 2.27. The molecular formula is C10H6FNOS2. The number of carbonyl (C=O) groups is 1. The van der Waals surface area contributed by atoms with Crippen molar-refractivity contribution in [2.75, 3.05) is 0 Å². The molecule has 1 aromatic carbocycles. The third kappa shape index (κ3) is 2.43. The van der Waals surface area contributed by atoms with Crippen LogP contribution in [0.2, 0.25) is 0 Å². The second-order valence-electron chi connectivity index (χ2n) is 2.91. The summed E-state index contributed by atoms with van der Waals surface area (Å²) in [7, 11) is 0. The Bertz CT molecular complexity index is 453. The largest absolute Gasteiger partial charge is 0.337 e. The zero-order valence-electron chi connectivity index (χ0n) is 7.49. The highest BCUT2D eigenvalue weighted by molar-refractivity contribution is 8.33. The van der Waals surface area contributed by atoms with E-state index in [1.165, 1.54) is 12.1 Å². The van der Waals surface area contributed by atoms with Gasteiger partial charge in [-0.15, -0.1) is 0 Å². The molecule has 15 heavy (non-hydrogen) atoms. The average molecular weight is 239 g/mol. The summed E-state index contributed by atoms with van der Waals surface area (Å²) in [4.78, 5) is 11.3. The van der Waals surface area contributed by atoms with Gasteiger partial charge in [-0.25, -0.2) is 4.39 Å². The van der Waals surface area contributed by atoms with E-state index in [1.807, 2.05) is 0 Å². The molecule has 5 heteroatoms. The summed E-state index contributed by atoms with van der Waals surface area (Å²) in [6.07, 6.45) is 1.65. The van der Waals surface area contributed by atoms with E-state index < -0.39 is 0 Å². The number of hydrogen-bond acceptors (Lipinski definition) is 3. The summed E-state index contributed by atoms with van der Waals surface area (Å²) < 4.78 is 13.1. The van der Waals surface area contributed by atoms with Crippen LogP contribution in [0.1, 0.15) is 5.56 Å². The minimum Gasteiger partial charge on any atom is -0.337 e. The van der Waals surface area contributed by atoms with Crippen molar-refractivity contribution in [2.45, 2.75) is 0 Å². The zero-order valence-corrected chi connectivity index (χ0v) is 9.12. The van der Waals surface area contributed by atoms with Crippen LogP contribution < -0.4 is 5.32 Å². The van der Waals surface area contributed by atoms with Gasteiger partial charge in [-0.2, -0.15) is 0 Å². The lowest BCUT2D eigenvalue weighted by Crippen LogP contribution is -2.09. The summed E-state index contributed by atoms with van der Waals surface area (Å²) in [5, 5.41) is 2.67. The van der Waals surface area contributed by atoms with Crippen molar-refractivity contribution in [1.29, 1.82) is 0 Å². The molecule has 1 aromatic rings. The first-order chi connectivity index (χ1) is 7.15. The van der Waals surface area contributed by atoms with Gasteiger partial charge in [0.15, 0.2) is 0 Å². The second kappa shape index (κ2) is 4.12. The normalized spacial score (nSPS) is 18.3. The van der Waals surface area contributed by atoms with Crippen molar-refractivity contribution >= 4 is 39.5 Å². The highest BCUT2D eigenvalue weighted by Crippen LogP contribution is 2.20. The quantitative estimate of drug-likeness (QED) is 0.601. The number of nitrogens with one attached hydrogen (secondary N) is 1. The van der Waals surface area contributed by atoms with Crippen LogP contribution in [0.15, 0.2) is 30.0 Å². The number of rotatable bonds is 1. The van der Waals surface area contributed by atoms with E-state index in [1.54, 1.807) is 18.2 Å². The number of hydrogen-bond donors (Lipinski definition) is 1. The Labute approximate surface area is 95.6 Å². The van der Waals surface area contributed by atoms with Crippen molar-refractivity contribution in [2.24, 2.45) is 0 Å². The third-order valence-corrected chi connectivity index (χ3v) is 2.87. The Kier molecular flexibility index (Phi) is 2.83. The van der Waals surface area contributed by atoms with Gasteiger partial charge in [-0.1, -0.05) is 24.4 Å². The van der Waals surface area contributed by atoms with Crippen LogP contribution in [0.3, 0.4) is 0 Å². The van der Waals surface area contributed by atoms with E-state index in [9.17, 15) is 9.18 Å². The summed E-state index contributed by atoms with van der Waals surface area (Å²) in [6.45, 7) is 0. The molecule has 0 bridgehead atoms. The molecule has 0 saturated carbocycles. The summed E-state index contributed by atoms with van der Waals surface area (Å²) in [5.74, 6) is -0.298. The Morgan fingerprint density at radius 2 is 2.00 bits per heavy atom. The van der Waals surface area contributed by atoms with Crippen molar-refractivity contribution in [3.63, 3.8) is 0 Å². The van der Waals surface area contributed by atoms with Crippen LogP contribution in [0.25, 0.3) is 6.08 Å². The predicted octanol–water partition coefficient (Wildman–Crippen LogP) is 2.31. The lowest BCUT2D eigenvalue weighted by atomic mass is 10.2. The Hall–Kier alpha value is -1.20. The van der Waals surface area contributed by atoms with Crippen molar-refractivity contribution < 1.29 is 9.18 Å². The lowest BCUT2D eigenvalue weighted by Gasteiger charge is -1.96. The molecule has 0 spiro atoms. The molecule has 0 radical (unpaired) electrons. The Morgan fingerprint density at radius 1 is 1.33 bits per heavy atom. The van der Waals surface area contributed by atoms with Gasteiger partial charge >= 0.3 is 0 Å². The third-order valence-electron chi connectivity index (χ3n) is 1.82. The number of thiocarbonyl (C=S) groups is 1. The van der Waals surface area contributed by atoms with E-state index in [0.717, 1.165) is 17.3 Å². The first-order valence-electron chi connectivity index (χ1n) is 4.15. The monoisotopic (exact) mass is 239 g/mol. The standard InChI is InChI=1S/C10H6FNOS2/c11-7-3-1-6(2-4-7)5-8-9(13)15-10(14)12-8/h1-5H,(H,12,14). The molecule has 1 heterocycles. The van der Waals surface area contributed by atoms with Gasteiger partial charge in [-0.05, 0) is 35.5 Å². The molecule has 0 amide bonds. The molecule has 0 unspecified atom stereocenters. The van der Waals surface area contributed by atoms with Crippen LogP contribution in [0.4, 0.5) is 4.39 Å². The number of carbonyl (C=O) groups excluding carboxylic acids is 1. The van der Waals surface area contributed by atoms with E-state index in [4.69, 9.17) is 12.2 Å². The first kappa shape index (κ1) is 10.3. The molecule has 0 atom stereocenters. The maximum atomic E-state index is 12.6. The number of thioether (sulfide) groups is 1. The number of halogens is 1. The van der Waals surface area contributed by atoms with E-state index in [2.05, 4.69) is 5.32 Å². The molecule has 1 fully saturated rings. The zero-order chi connectivity index (χ0) is 10.8. The minimum atomic E-state index is -0.298. The first-order valence-corrected chi connectivity index (χ1v) is 5.38. The highest BCUT2D eigenvalue weighted by atomic mass is 32.2. The predicted molar refractivity (Wildman–Crippen MR) is 62.7 cm³/mol. The smallest absolute Gasteiger partial charge is 0.242 e. The summed E-state index contributed by atoms with van der Waals surface area (Å²) in [6, 6.07) is 5.89. The maximum absolute atomic E-state index is 12.6. The fourth-order valence-corrected chi connectivity index (χ4v) is 2.03. The van der Waals surface area contributed by atoms with Crippen LogP contribution in [-0.2, 0) is 4.79 Å². The minimum absolute atomic E-state index is 0.107. The van der Waals surface area contributed by atoms with E-state index in [-0.39, 0.29) is 10.9 Å². The molecule has 0 aliphatic carbocycles. The Morgan fingerprint density at radius 3 is 2.53 bits per heavy atom.